The predicted octanol–water partition coefficient (Wildman–Crippen LogP) is 3.31. The highest BCUT2D eigenvalue weighted by Gasteiger charge is 2.31. The molecular weight excluding hydrogens is 409 g/mol. The molecule has 0 fully saturated rings. The molecule has 0 aliphatic carbocycles. The molecule has 4 rings (SSSR count). The van der Waals surface area contributed by atoms with Crippen LogP contribution in [0.5, 0.6) is 5.88 Å². The van der Waals surface area contributed by atoms with E-state index in [4.69, 9.17) is 4.74 Å². The first-order valence-corrected chi connectivity index (χ1v) is 8.97. The first-order chi connectivity index (χ1) is 13.9. The first kappa shape index (κ1) is 18.8. The molecule has 0 atom stereocenters. The molecular formula is C17H11F3N6O2S. The molecule has 148 valence electrons. The fraction of sp³-hybridized carbons (Fsp3) is 0.118. The highest BCUT2D eigenvalue weighted by Crippen LogP contribution is 2.33. The van der Waals surface area contributed by atoms with Gasteiger partial charge in [-0.05, 0) is 29.6 Å². The number of thiophene rings is 1. The molecule has 29 heavy (non-hydrogen) atoms. The molecule has 3 heterocycles. The van der Waals surface area contributed by atoms with Crippen LogP contribution in [0.4, 0.5) is 18.9 Å². The van der Waals surface area contributed by atoms with E-state index in [1.807, 2.05) is 0 Å². The number of nitrogens with zero attached hydrogens (tertiary/aromatic N) is 5. The maximum Gasteiger partial charge on any atom is 0.416 e. The summed E-state index contributed by atoms with van der Waals surface area (Å²) in [6.07, 6.45) is -0.722. The lowest BCUT2D eigenvalue weighted by Crippen LogP contribution is -2.22. The fourth-order valence-electron chi connectivity index (χ4n) is 2.55. The number of anilines is 1. The number of alkyl halides is 3. The molecule has 0 radical (unpaired) electrons. The number of ether oxygens (including phenoxy) is 1. The molecule has 0 unspecified atom stereocenters. The van der Waals surface area contributed by atoms with E-state index in [1.54, 1.807) is 11.4 Å². The third-order valence-corrected chi connectivity index (χ3v) is 4.65. The summed E-state index contributed by atoms with van der Waals surface area (Å²) >= 11 is 1.39. The van der Waals surface area contributed by atoms with Crippen LogP contribution >= 0.6 is 11.3 Å². The molecule has 3 aromatic heterocycles. The zero-order valence-electron chi connectivity index (χ0n) is 14.4. The van der Waals surface area contributed by atoms with Crippen LogP contribution in [-0.4, -0.2) is 37.2 Å². The zero-order valence-corrected chi connectivity index (χ0v) is 15.2. The molecule has 12 heteroatoms. The maximum absolute atomic E-state index is 13.1. The molecule has 0 aliphatic heterocycles. The first-order valence-electron chi connectivity index (χ1n) is 8.09. The Balaban J connectivity index is 1.55. The third kappa shape index (κ3) is 4.01. The summed E-state index contributed by atoms with van der Waals surface area (Å²) in [6.45, 7) is -0.449. The van der Waals surface area contributed by atoms with Gasteiger partial charge < -0.3 is 10.1 Å². The van der Waals surface area contributed by atoms with Crippen molar-refractivity contribution in [3.8, 4) is 11.6 Å². The second kappa shape index (κ2) is 7.47. The number of nitrogens with one attached hydrogen (secondary N) is 1. The Morgan fingerprint density at radius 2 is 2.07 bits per heavy atom. The molecule has 0 aliphatic rings. The summed E-state index contributed by atoms with van der Waals surface area (Å²) in [7, 11) is 0. The SMILES string of the molecule is O=C(COc1ncnc2sccc12)Nc1cc(C(F)(F)F)ccc1-n1cncn1. The van der Waals surface area contributed by atoms with E-state index < -0.39 is 24.3 Å². The van der Waals surface area contributed by atoms with E-state index in [2.05, 4.69) is 25.4 Å². The topological polar surface area (TPSA) is 94.8 Å². The number of fused-ring (bicyclic) bond motifs is 1. The lowest BCUT2D eigenvalue weighted by Gasteiger charge is -2.14. The van der Waals surface area contributed by atoms with Gasteiger partial charge in [0.15, 0.2) is 6.61 Å². The lowest BCUT2D eigenvalue weighted by atomic mass is 10.1. The van der Waals surface area contributed by atoms with Gasteiger partial charge in [0.25, 0.3) is 5.91 Å². The van der Waals surface area contributed by atoms with Gasteiger partial charge in [-0.15, -0.1) is 11.3 Å². The van der Waals surface area contributed by atoms with Crippen LogP contribution in [0.25, 0.3) is 15.9 Å². The van der Waals surface area contributed by atoms with E-state index in [1.165, 1.54) is 41.1 Å². The number of aromatic nitrogens is 5. The number of hydrogen-bond acceptors (Lipinski definition) is 7. The highest BCUT2D eigenvalue weighted by molar-refractivity contribution is 7.16. The van der Waals surface area contributed by atoms with Crippen LogP contribution < -0.4 is 10.1 Å². The van der Waals surface area contributed by atoms with Crippen molar-refractivity contribution < 1.29 is 22.7 Å². The maximum atomic E-state index is 13.1. The third-order valence-electron chi connectivity index (χ3n) is 3.83. The average molecular weight is 420 g/mol. The Kier molecular flexibility index (Phi) is 4.84. The Hall–Kier alpha value is -3.54. The Morgan fingerprint density at radius 3 is 2.83 bits per heavy atom. The number of carbonyl (C=O) groups is 1. The van der Waals surface area contributed by atoms with Gasteiger partial charge in [0.05, 0.1) is 22.3 Å². The second-order valence-corrected chi connectivity index (χ2v) is 6.62. The second-order valence-electron chi connectivity index (χ2n) is 5.72. The minimum atomic E-state index is -4.57. The minimum absolute atomic E-state index is 0.0812. The van der Waals surface area contributed by atoms with E-state index in [9.17, 15) is 18.0 Å². The van der Waals surface area contributed by atoms with Gasteiger partial charge in [0, 0.05) is 0 Å². The molecule has 0 saturated heterocycles. The number of halogens is 3. The molecule has 1 amide bonds. The van der Waals surface area contributed by atoms with E-state index in [0.29, 0.717) is 10.2 Å². The highest BCUT2D eigenvalue weighted by atomic mass is 32.1. The number of amides is 1. The van der Waals surface area contributed by atoms with Crippen molar-refractivity contribution >= 4 is 33.1 Å². The smallest absolute Gasteiger partial charge is 0.416 e. The molecule has 0 bridgehead atoms. The van der Waals surface area contributed by atoms with E-state index in [-0.39, 0.29) is 17.3 Å². The number of benzene rings is 1. The van der Waals surface area contributed by atoms with Crippen LogP contribution in [0.1, 0.15) is 5.56 Å². The average Bonchev–Trinajstić information content (AvgIpc) is 3.37. The van der Waals surface area contributed by atoms with Gasteiger partial charge >= 0.3 is 6.18 Å². The van der Waals surface area contributed by atoms with Crippen molar-refractivity contribution in [2.45, 2.75) is 6.18 Å². The number of carbonyl (C=O) groups excluding carboxylic acids is 1. The number of rotatable bonds is 5. The van der Waals surface area contributed by atoms with Crippen LogP contribution in [0.3, 0.4) is 0 Å². The monoisotopic (exact) mass is 420 g/mol. The fourth-order valence-corrected chi connectivity index (χ4v) is 3.27. The minimum Gasteiger partial charge on any atom is -0.467 e. The molecule has 1 aromatic carbocycles. The van der Waals surface area contributed by atoms with Gasteiger partial charge in [-0.1, -0.05) is 0 Å². The largest absolute Gasteiger partial charge is 0.467 e. The summed E-state index contributed by atoms with van der Waals surface area (Å²) in [5.74, 6) is -0.445. The van der Waals surface area contributed by atoms with Crippen LogP contribution in [0.2, 0.25) is 0 Å². The number of hydrogen-bond donors (Lipinski definition) is 1. The normalized spacial score (nSPS) is 11.6. The van der Waals surface area contributed by atoms with Crippen LogP contribution in [-0.2, 0) is 11.0 Å². The molecule has 8 nitrogen and oxygen atoms in total. The van der Waals surface area contributed by atoms with Crippen molar-refractivity contribution in [1.82, 2.24) is 24.7 Å². The quantitative estimate of drug-likeness (QED) is 0.532. The van der Waals surface area contributed by atoms with Gasteiger partial charge in [0.2, 0.25) is 5.88 Å². The summed E-state index contributed by atoms with van der Waals surface area (Å²) in [4.78, 5) is 24.9. The Labute approximate surface area is 165 Å². The Morgan fingerprint density at radius 1 is 1.21 bits per heavy atom. The lowest BCUT2D eigenvalue weighted by molar-refractivity contribution is -0.137. The van der Waals surface area contributed by atoms with Crippen LogP contribution in [0, 0.1) is 0 Å². The van der Waals surface area contributed by atoms with Gasteiger partial charge in [-0.25, -0.2) is 19.6 Å². The Bertz CT molecular complexity index is 1160. The molecule has 4 aromatic rings. The van der Waals surface area contributed by atoms with Crippen LogP contribution in [0.15, 0.2) is 48.6 Å². The van der Waals surface area contributed by atoms with Gasteiger partial charge in [-0.2, -0.15) is 18.3 Å². The van der Waals surface area contributed by atoms with Crippen molar-refractivity contribution in [2.24, 2.45) is 0 Å². The predicted molar refractivity (Wildman–Crippen MR) is 97.9 cm³/mol. The van der Waals surface area contributed by atoms with E-state index >= 15 is 0 Å². The summed E-state index contributed by atoms with van der Waals surface area (Å²) in [5, 5.41) is 8.78. The summed E-state index contributed by atoms with van der Waals surface area (Å²) < 4.78 is 45.9. The van der Waals surface area contributed by atoms with Gasteiger partial charge in [0.1, 0.15) is 23.8 Å². The van der Waals surface area contributed by atoms with Gasteiger partial charge in [-0.3, -0.25) is 4.79 Å². The summed E-state index contributed by atoms with van der Waals surface area (Å²) in [5.41, 5.74) is -0.762. The van der Waals surface area contributed by atoms with Crippen molar-refractivity contribution in [1.29, 1.82) is 0 Å². The zero-order chi connectivity index (χ0) is 20.4. The van der Waals surface area contributed by atoms with E-state index in [0.717, 1.165) is 12.1 Å². The van der Waals surface area contributed by atoms with Crippen molar-refractivity contribution in [2.75, 3.05) is 11.9 Å². The molecule has 0 spiro atoms. The molecule has 1 N–H and O–H groups in total. The standard InChI is InChI=1S/C17H11F3N6O2S/c18-17(19,20)10-1-2-13(26-9-21-7-24-26)12(5-10)25-14(27)6-28-15-11-3-4-29-16(11)23-8-22-15/h1-5,7-9H,6H2,(H,25,27). The summed E-state index contributed by atoms with van der Waals surface area (Å²) in [6, 6.07) is 4.68. The van der Waals surface area contributed by atoms with Crippen molar-refractivity contribution in [3.63, 3.8) is 0 Å². The molecule has 0 saturated carbocycles. The van der Waals surface area contributed by atoms with Crippen molar-refractivity contribution in [3.05, 3.63) is 54.2 Å².